The molecule has 0 radical (unpaired) electrons. The zero-order valence-electron chi connectivity index (χ0n) is 13.6. The maximum Gasteiger partial charge on any atom is 0.218 e. The van der Waals surface area contributed by atoms with E-state index in [2.05, 4.69) is 20.2 Å². The summed E-state index contributed by atoms with van der Waals surface area (Å²) in [7, 11) is -3.30. The van der Waals surface area contributed by atoms with Crippen LogP contribution in [0, 0.1) is 0 Å². The van der Waals surface area contributed by atoms with Crippen LogP contribution in [0.4, 0.5) is 5.69 Å². The van der Waals surface area contributed by atoms with E-state index in [1.165, 1.54) is 0 Å². The van der Waals surface area contributed by atoms with Crippen molar-refractivity contribution in [3.05, 3.63) is 54.5 Å². The molecule has 1 fully saturated rings. The average Bonchev–Trinajstić information content (AvgIpc) is 3.10. The molecule has 130 valence electrons. The van der Waals surface area contributed by atoms with Crippen molar-refractivity contribution in [2.75, 3.05) is 31.1 Å². The highest BCUT2D eigenvalue weighted by atomic mass is 32.2. The van der Waals surface area contributed by atoms with Gasteiger partial charge in [-0.3, -0.25) is 0 Å². The van der Waals surface area contributed by atoms with Crippen LogP contribution in [0.3, 0.4) is 0 Å². The van der Waals surface area contributed by atoms with E-state index >= 15 is 0 Å². The maximum atomic E-state index is 12.6. The van der Waals surface area contributed by atoms with Crippen LogP contribution in [-0.2, 0) is 15.8 Å². The fraction of sp³-hybridized carbons (Fsp3) is 0.312. The highest BCUT2D eigenvalue weighted by molar-refractivity contribution is 7.88. The third-order valence-corrected chi connectivity index (χ3v) is 6.19. The molecule has 0 amide bonds. The first-order valence-electron chi connectivity index (χ1n) is 8.05. The van der Waals surface area contributed by atoms with Crippen molar-refractivity contribution in [1.29, 1.82) is 0 Å². The summed E-state index contributed by atoms with van der Waals surface area (Å²) >= 11 is 0. The summed E-state index contributed by atoms with van der Waals surface area (Å²) in [5.74, 6) is 0.0428. The van der Waals surface area contributed by atoms with Gasteiger partial charge in [0.2, 0.25) is 10.0 Å². The number of hydrogen-bond donors (Lipinski definition) is 0. The van der Waals surface area contributed by atoms with Crippen molar-refractivity contribution >= 4 is 21.4 Å². The molecule has 0 unspecified atom stereocenters. The van der Waals surface area contributed by atoms with Gasteiger partial charge in [-0.25, -0.2) is 12.9 Å². The Morgan fingerprint density at radius 2 is 1.80 bits per heavy atom. The normalized spacial score (nSPS) is 16.4. The molecule has 3 heterocycles. The minimum atomic E-state index is -3.30. The molecule has 1 aromatic carbocycles. The summed E-state index contributed by atoms with van der Waals surface area (Å²) < 4.78 is 28.4. The molecular formula is C16H18N6O2S. The quantitative estimate of drug-likeness (QED) is 0.685. The van der Waals surface area contributed by atoms with Gasteiger partial charge < -0.3 is 4.90 Å². The number of benzene rings is 1. The van der Waals surface area contributed by atoms with Gasteiger partial charge in [0.15, 0.2) is 5.65 Å². The van der Waals surface area contributed by atoms with Crippen LogP contribution in [-0.4, -0.2) is 58.7 Å². The molecule has 3 aromatic rings. The Balaban J connectivity index is 1.43. The fourth-order valence-electron chi connectivity index (χ4n) is 2.99. The molecule has 0 bridgehead atoms. The number of hydrogen-bond acceptors (Lipinski definition) is 6. The van der Waals surface area contributed by atoms with Gasteiger partial charge in [0.1, 0.15) is 6.33 Å². The highest BCUT2D eigenvalue weighted by Gasteiger charge is 2.27. The lowest BCUT2D eigenvalue weighted by molar-refractivity contribution is 0.384. The molecule has 0 saturated carbocycles. The van der Waals surface area contributed by atoms with Crippen LogP contribution in [0.25, 0.3) is 5.65 Å². The zero-order valence-corrected chi connectivity index (χ0v) is 14.4. The second-order valence-electron chi connectivity index (χ2n) is 5.98. The molecule has 8 nitrogen and oxygen atoms in total. The van der Waals surface area contributed by atoms with Crippen LogP contribution in [0.2, 0.25) is 0 Å². The van der Waals surface area contributed by atoms with Crippen LogP contribution >= 0.6 is 0 Å². The van der Waals surface area contributed by atoms with E-state index < -0.39 is 10.0 Å². The first kappa shape index (κ1) is 16.0. The van der Waals surface area contributed by atoms with Crippen molar-refractivity contribution in [3.63, 3.8) is 0 Å². The van der Waals surface area contributed by atoms with E-state index in [1.807, 2.05) is 36.4 Å². The van der Waals surface area contributed by atoms with E-state index in [0.717, 1.165) is 11.3 Å². The summed E-state index contributed by atoms with van der Waals surface area (Å²) in [6.45, 7) is 2.18. The van der Waals surface area contributed by atoms with Gasteiger partial charge in [0.05, 0.1) is 17.6 Å². The van der Waals surface area contributed by atoms with Gasteiger partial charge in [-0.05, 0) is 5.56 Å². The Bertz CT molecular complexity index is 964. The van der Waals surface area contributed by atoms with Crippen molar-refractivity contribution in [3.8, 4) is 0 Å². The first-order valence-corrected chi connectivity index (χ1v) is 9.65. The van der Waals surface area contributed by atoms with Crippen molar-refractivity contribution in [1.82, 2.24) is 24.1 Å². The Kier molecular flexibility index (Phi) is 4.10. The molecule has 0 atom stereocenters. The number of nitrogens with zero attached hydrogens (tertiary/aromatic N) is 6. The highest BCUT2D eigenvalue weighted by Crippen LogP contribution is 2.19. The molecule has 2 aromatic heterocycles. The summed E-state index contributed by atoms with van der Waals surface area (Å²) in [4.78, 5) is 2.12. The lowest BCUT2D eigenvalue weighted by Gasteiger charge is -2.35. The third kappa shape index (κ3) is 3.33. The molecule has 1 saturated heterocycles. The molecule has 1 aliphatic heterocycles. The molecule has 0 spiro atoms. The van der Waals surface area contributed by atoms with Gasteiger partial charge >= 0.3 is 0 Å². The molecular weight excluding hydrogens is 340 g/mol. The third-order valence-electron chi connectivity index (χ3n) is 4.34. The molecule has 4 rings (SSSR count). The predicted octanol–water partition coefficient (Wildman–Crippen LogP) is 0.776. The number of rotatable bonds is 4. The SMILES string of the molecule is O=S(=O)(Cc1ccccc1)N1CCN(c2cnn3cnnc3c2)CC1. The second-order valence-corrected chi connectivity index (χ2v) is 7.94. The molecule has 9 heteroatoms. The number of aromatic nitrogens is 4. The van der Waals surface area contributed by atoms with Crippen LogP contribution in [0.15, 0.2) is 48.9 Å². The maximum absolute atomic E-state index is 12.6. The average molecular weight is 358 g/mol. The molecule has 1 aliphatic rings. The largest absolute Gasteiger partial charge is 0.367 e. The summed E-state index contributed by atoms with van der Waals surface area (Å²) in [6.07, 6.45) is 3.30. The number of piperazine rings is 1. The van der Waals surface area contributed by atoms with E-state index in [4.69, 9.17) is 0 Å². The number of fused-ring (bicyclic) bond motifs is 1. The van der Waals surface area contributed by atoms with E-state index in [9.17, 15) is 8.42 Å². The Hall–Kier alpha value is -2.52. The van der Waals surface area contributed by atoms with E-state index in [1.54, 1.807) is 21.3 Å². The fourth-order valence-corrected chi connectivity index (χ4v) is 4.50. The summed E-state index contributed by atoms with van der Waals surface area (Å²) in [5, 5.41) is 12.1. The van der Waals surface area contributed by atoms with Crippen molar-refractivity contribution in [2.45, 2.75) is 5.75 Å². The van der Waals surface area contributed by atoms with Crippen LogP contribution in [0.1, 0.15) is 5.56 Å². The van der Waals surface area contributed by atoms with Crippen LogP contribution < -0.4 is 4.90 Å². The lowest BCUT2D eigenvalue weighted by Crippen LogP contribution is -2.49. The minimum Gasteiger partial charge on any atom is -0.367 e. The minimum absolute atomic E-state index is 0.0428. The van der Waals surface area contributed by atoms with E-state index in [-0.39, 0.29) is 5.75 Å². The topological polar surface area (TPSA) is 83.7 Å². The Labute approximate surface area is 145 Å². The van der Waals surface area contributed by atoms with Crippen molar-refractivity contribution < 1.29 is 8.42 Å². The lowest BCUT2D eigenvalue weighted by atomic mass is 10.2. The van der Waals surface area contributed by atoms with Gasteiger partial charge in [-0.15, -0.1) is 10.2 Å². The smallest absolute Gasteiger partial charge is 0.218 e. The molecule has 0 aliphatic carbocycles. The van der Waals surface area contributed by atoms with Gasteiger partial charge in [-0.1, -0.05) is 30.3 Å². The second kappa shape index (κ2) is 6.41. The molecule has 25 heavy (non-hydrogen) atoms. The summed E-state index contributed by atoms with van der Waals surface area (Å²) in [6, 6.07) is 11.2. The Morgan fingerprint density at radius 1 is 1.04 bits per heavy atom. The van der Waals surface area contributed by atoms with Gasteiger partial charge in [-0.2, -0.15) is 9.40 Å². The van der Waals surface area contributed by atoms with Crippen LogP contribution in [0.5, 0.6) is 0 Å². The molecule has 0 N–H and O–H groups in total. The monoisotopic (exact) mass is 358 g/mol. The van der Waals surface area contributed by atoms with Gasteiger partial charge in [0, 0.05) is 32.2 Å². The summed E-state index contributed by atoms with van der Waals surface area (Å²) in [5.41, 5.74) is 2.42. The Morgan fingerprint density at radius 3 is 2.56 bits per heavy atom. The van der Waals surface area contributed by atoms with E-state index in [0.29, 0.717) is 31.8 Å². The predicted molar refractivity (Wildman–Crippen MR) is 93.6 cm³/mol. The number of anilines is 1. The number of sulfonamides is 1. The van der Waals surface area contributed by atoms with Gasteiger partial charge in [0.25, 0.3) is 0 Å². The van der Waals surface area contributed by atoms with Crippen molar-refractivity contribution in [2.24, 2.45) is 0 Å². The zero-order chi connectivity index (χ0) is 17.3. The standard InChI is InChI=1S/C16H18N6O2S/c23-25(24,12-14-4-2-1-3-5-14)21-8-6-20(7-9-21)15-10-16-19-17-13-22(16)18-11-15/h1-5,10-11,13H,6-9,12H2. The first-order chi connectivity index (χ1) is 12.1.